The van der Waals surface area contributed by atoms with Gasteiger partial charge in [0, 0.05) is 23.4 Å². The van der Waals surface area contributed by atoms with Gasteiger partial charge >= 0.3 is 0 Å². The Bertz CT molecular complexity index is 617. The number of aromatic amines is 1. The lowest BCUT2D eigenvalue weighted by molar-refractivity contribution is 0.884. The van der Waals surface area contributed by atoms with Gasteiger partial charge in [0.15, 0.2) is 5.82 Å². The van der Waals surface area contributed by atoms with Gasteiger partial charge in [0.2, 0.25) is 0 Å². The molecule has 1 unspecified atom stereocenters. The SMILES string of the molecule is C=CC(C)c1c(C)nc(-c2ccccn2)[nH]c1=O. The van der Waals surface area contributed by atoms with Gasteiger partial charge in [0.25, 0.3) is 5.56 Å². The number of aromatic nitrogens is 3. The quantitative estimate of drug-likeness (QED) is 0.839. The van der Waals surface area contributed by atoms with E-state index in [0.29, 0.717) is 22.8 Å². The highest BCUT2D eigenvalue weighted by Gasteiger charge is 2.13. The fraction of sp³-hybridized carbons (Fsp3) is 0.214. The number of aryl methyl sites for hydroxylation is 1. The Morgan fingerprint density at radius 3 is 2.78 bits per heavy atom. The lowest BCUT2D eigenvalue weighted by atomic mass is 10.0. The van der Waals surface area contributed by atoms with Crippen LogP contribution in [0.5, 0.6) is 0 Å². The van der Waals surface area contributed by atoms with Gasteiger partial charge in [-0.05, 0) is 19.1 Å². The van der Waals surface area contributed by atoms with Crippen LogP contribution >= 0.6 is 0 Å². The maximum Gasteiger partial charge on any atom is 0.255 e. The summed E-state index contributed by atoms with van der Waals surface area (Å²) in [6, 6.07) is 5.49. The van der Waals surface area contributed by atoms with E-state index in [2.05, 4.69) is 21.5 Å². The predicted octanol–water partition coefficient (Wildman–Crippen LogP) is 2.43. The van der Waals surface area contributed by atoms with Gasteiger partial charge in [-0.25, -0.2) is 4.98 Å². The van der Waals surface area contributed by atoms with Gasteiger partial charge in [-0.1, -0.05) is 19.1 Å². The summed E-state index contributed by atoms with van der Waals surface area (Å²) in [6.45, 7) is 7.46. The molecule has 4 heteroatoms. The Morgan fingerprint density at radius 2 is 2.22 bits per heavy atom. The summed E-state index contributed by atoms with van der Waals surface area (Å²) in [7, 11) is 0. The molecule has 0 aliphatic heterocycles. The van der Waals surface area contributed by atoms with Crippen molar-refractivity contribution in [1.82, 2.24) is 15.0 Å². The summed E-state index contributed by atoms with van der Waals surface area (Å²) in [5.74, 6) is 0.483. The summed E-state index contributed by atoms with van der Waals surface area (Å²) >= 11 is 0. The van der Waals surface area contributed by atoms with Crippen molar-refractivity contribution >= 4 is 0 Å². The second-order valence-corrected chi connectivity index (χ2v) is 4.15. The van der Waals surface area contributed by atoms with Crippen molar-refractivity contribution in [2.24, 2.45) is 0 Å². The number of H-pyrrole nitrogens is 1. The molecule has 1 atom stereocenters. The third-order valence-electron chi connectivity index (χ3n) is 2.86. The monoisotopic (exact) mass is 241 g/mol. The van der Waals surface area contributed by atoms with E-state index in [1.54, 1.807) is 12.3 Å². The zero-order valence-electron chi connectivity index (χ0n) is 10.5. The Kier molecular flexibility index (Phi) is 3.37. The second-order valence-electron chi connectivity index (χ2n) is 4.15. The number of pyridine rings is 1. The van der Waals surface area contributed by atoms with E-state index in [4.69, 9.17) is 0 Å². The minimum Gasteiger partial charge on any atom is -0.305 e. The highest BCUT2D eigenvalue weighted by atomic mass is 16.1. The van der Waals surface area contributed by atoms with Gasteiger partial charge in [0.05, 0.1) is 0 Å². The largest absolute Gasteiger partial charge is 0.305 e. The molecule has 0 radical (unpaired) electrons. The number of rotatable bonds is 3. The molecule has 1 N–H and O–H groups in total. The summed E-state index contributed by atoms with van der Waals surface area (Å²) < 4.78 is 0. The maximum absolute atomic E-state index is 12.1. The van der Waals surface area contributed by atoms with Crippen molar-refractivity contribution in [2.45, 2.75) is 19.8 Å². The molecule has 0 amide bonds. The van der Waals surface area contributed by atoms with Gasteiger partial charge in [0.1, 0.15) is 5.69 Å². The lowest BCUT2D eigenvalue weighted by Gasteiger charge is -2.09. The molecule has 2 aromatic heterocycles. The fourth-order valence-corrected chi connectivity index (χ4v) is 1.87. The molecular formula is C14H15N3O. The number of hydrogen-bond donors (Lipinski definition) is 1. The molecular weight excluding hydrogens is 226 g/mol. The predicted molar refractivity (Wildman–Crippen MR) is 71.4 cm³/mol. The van der Waals surface area contributed by atoms with Crippen LogP contribution in [0.4, 0.5) is 0 Å². The molecule has 0 spiro atoms. The van der Waals surface area contributed by atoms with Crippen LogP contribution in [0.2, 0.25) is 0 Å². The first-order valence-electron chi connectivity index (χ1n) is 5.78. The number of allylic oxidation sites excluding steroid dienone is 1. The van der Waals surface area contributed by atoms with E-state index in [-0.39, 0.29) is 11.5 Å². The number of hydrogen-bond acceptors (Lipinski definition) is 3. The number of nitrogens with zero attached hydrogens (tertiary/aromatic N) is 2. The van der Waals surface area contributed by atoms with Gasteiger partial charge in [-0.3, -0.25) is 9.78 Å². The first-order valence-corrected chi connectivity index (χ1v) is 5.78. The first kappa shape index (κ1) is 12.2. The molecule has 0 fully saturated rings. The van der Waals surface area contributed by atoms with Crippen molar-refractivity contribution in [3.05, 3.63) is 58.7 Å². The Labute approximate surface area is 105 Å². The average Bonchev–Trinajstić information content (AvgIpc) is 2.38. The van der Waals surface area contributed by atoms with Gasteiger partial charge in [-0.2, -0.15) is 0 Å². The lowest BCUT2D eigenvalue weighted by Crippen LogP contribution is -2.19. The third kappa shape index (κ3) is 2.22. The normalized spacial score (nSPS) is 12.1. The summed E-state index contributed by atoms with van der Waals surface area (Å²) in [5, 5.41) is 0. The van der Waals surface area contributed by atoms with Gasteiger partial charge < -0.3 is 4.98 Å². The van der Waals surface area contributed by atoms with E-state index < -0.39 is 0 Å². The summed E-state index contributed by atoms with van der Waals surface area (Å²) in [4.78, 5) is 23.4. The molecule has 92 valence electrons. The average molecular weight is 241 g/mol. The molecule has 2 aromatic rings. The first-order chi connectivity index (χ1) is 8.63. The highest BCUT2D eigenvalue weighted by Crippen LogP contribution is 2.17. The molecule has 0 saturated carbocycles. The van der Waals surface area contributed by atoms with Crippen LogP contribution in [0, 0.1) is 6.92 Å². The molecule has 18 heavy (non-hydrogen) atoms. The Balaban J connectivity index is 2.56. The zero-order valence-corrected chi connectivity index (χ0v) is 10.5. The molecule has 2 rings (SSSR count). The van der Waals surface area contributed by atoms with Crippen LogP contribution in [-0.2, 0) is 0 Å². The van der Waals surface area contributed by atoms with Crippen molar-refractivity contribution in [1.29, 1.82) is 0 Å². The van der Waals surface area contributed by atoms with E-state index in [9.17, 15) is 4.79 Å². The highest BCUT2D eigenvalue weighted by molar-refractivity contribution is 5.49. The van der Waals surface area contributed by atoms with E-state index >= 15 is 0 Å². The van der Waals surface area contributed by atoms with Crippen molar-refractivity contribution in [3.63, 3.8) is 0 Å². The van der Waals surface area contributed by atoms with Crippen LogP contribution in [-0.4, -0.2) is 15.0 Å². The molecule has 0 aliphatic carbocycles. The fourth-order valence-electron chi connectivity index (χ4n) is 1.87. The standard InChI is InChI=1S/C14H15N3O/c1-4-9(2)12-10(3)16-13(17-14(12)18)11-7-5-6-8-15-11/h4-9H,1H2,2-3H3,(H,16,17,18). The molecule has 0 bridgehead atoms. The smallest absolute Gasteiger partial charge is 0.255 e. The minimum absolute atomic E-state index is 0.0148. The van der Waals surface area contributed by atoms with Crippen molar-refractivity contribution in [2.75, 3.05) is 0 Å². The molecule has 4 nitrogen and oxygen atoms in total. The maximum atomic E-state index is 12.1. The molecule has 0 aliphatic rings. The minimum atomic E-state index is -0.129. The van der Waals surface area contributed by atoms with Crippen LogP contribution < -0.4 is 5.56 Å². The second kappa shape index (κ2) is 4.96. The van der Waals surface area contributed by atoms with Crippen LogP contribution in [0.1, 0.15) is 24.1 Å². The molecule has 0 aromatic carbocycles. The Morgan fingerprint density at radius 1 is 1.44 bits per heavy atom. The molecule has 2 heterocycles. The van der Waals surface area contributed by atoms with Crippen molar-refractivity contribution < 1.29 is 0 Å². The summed E-state index contributed by atoms with van der Waals surface area (Å²) in [5.41, 5.74) is 1.91. The Hall–Kier alpha value is -2.23. The molecule has 0 saturated heterocycles. The van der Waals surface area contributed by atoms with E-state index in [1.807, 2.05) is 32.0 Å². The summed E-state index contributed by atoms with van der Waals surface area (Å²) in [6.07, 6.45) is 3.41. The number of nitrogens with one attached hydrogen (secondary N) is 1. The van der Waals surface area contributed by atoms with Crippen LogP contribution in [0.25, 0.3) is 11.5 Å². The van der Waals surface area contributed by atoms with Crippen LogP contribution in [0.3, 0.4) is 0 Å². The topological polar surface area (TPSA) is 58.6 Å². The van der Waals surface area contributed by atoms with Crippen LogP contribution in [0.15, 0.2) is 41.8 Å². The third-order valence-corrected chi connectivity index (χ3v) is 2.86. The van der Waals surface area contributed by atoms with Gasteiger partial charge in [-0.15, -0.1) is 6.58 Å². The van der Waals surface area contributed by atoms with E-state index in [0.717, 1.165) is 0 Å². The zero-order chi connectivity index (χ0) is 13.1. The van der Waals surface area contributed by atoms with Crippen molar-refractivity contribution in [3.8, 4) is 11.5 Å². The van der Waals surface area contributed by atoms with E-state index in [1.165, 1.54) is 0 Å².